The van der Waals surface area contributed by atoms with Gasteiger partial charge < -0.3 is 10.2 Å². The van der Waals surface area contributed by atoms with Gasteiger partial charge in [-0.15, -0.1) is 0 Å². The summed E-state index contributed by atoms with van der Waals surface area (Å²) in [6.07, 6.45) is 7.78. The third-order valence-electron chi connectivity index (χ3n) is 6.49. The van der Waals surface area contributed by atoms with Gasteiger partial charge in [-0.2, -0.15) is 5.10 Å². The lowest BCUT2D eigenvalue weighted by Crippen LogP contribution is -2.32. The minimum atomic E-state index is -0.303. The highest BCUT2D eigenvalue weighted by molar-refractivity contribution is 6.00. The summed E-state index contributed by atoms with van der Waals surface area (Å²) in [5, 5.41) is 7.88. The zero-order valence-corrected chi connectivity index (χ0v) is 16.7. The van der Waals surface area contributed by atoms with E-state index in [4.69, 9.17) is 5.10 Å². The molecule has 0 unspecified atom stereocenters. The molecule has 1 saturated heterocycles. The van der Waals surface area contributed by atoms with Crippen molar-refractivity contribution in [2.75, 3.05) is 11.4 Å². The summed E-state index contributed by atoms with van der Waals surface area (Å²) in [6.45, 7) is 0.882. The van der Waals surface area contributed by atoms with Gasteiger partial charge in [0, 0.05) is 30.3 Å². The maximum absolute atomic E-state index is 12.7. The zero-order chi connectivity index (χ0) is 19.8. The maximum atomic E-state index is 12.7. The van der Waals surface area contributed by atoms with Crippen LogP contribution in [0.1, 0.15) is 68.3 Å². The molecule has 2 aliphatic carbocycles. The number of hydrogen-bond donors (Lipinski definition) is 1. The molecule has 2 amide bonds. The standard InChI is InChI=1S/C23H28N4O2/c28-22-12-17(15-26(22)19-6-2-1-3-7-19)23(29)24-14-18-13-21(16-10-11-16)27(25-18)20-8-4-5-9-20/h1-3,6-7,13,16-17,20H,4-5,8-12,14-15H2,(H,24,29)/t17-/m1/s1. The zero-order valence-electron chi connectivity index (χ0n) is 16.7. The largest absolute Gasteiger partial charge is 0.350 e. The Morgan fingerprint density at radius 2 is 1.86 bits per heavy atom. The van der Waals surface area contributed by atoms with Crippen LogP contribution >= 0.6 is 0 Å². The van der Waals surface area contributed by atoms with Crippen molar-refractivity contribution in [2.24, 2.45) is 5.92 Å². The van der Waals surface area contributed by atoms with Crippen LogP contribution in [-0.4, -0.2) is 28.1 Å². The Labute approximate surface area is 171 Å². The van der Waals surface area contributed by atoms with E-state index in [2.05, 4.69) is 16.1 Å². The number of nitrogens with zero attached hydrogens (tertiary/aromatic N) is 3. The van der Waals surface area contributed by atoms with E-state index >= 15 is 0 Å². The molecule has 0 radical (unpaired) electrons. The highest BCUT2D eigenvalue weighted by Gasteiger charge is 2.35. The number of hydrogen-bond acceptors (Lipinski definition) is 3. The van der Waals surface area contributed by atoms with Gasteiger partial charge in [0.2, 0.25) is 11.8 Å². The molecule has 0 spiro atoms. The number of aromatic nitrogens is 2. The lowest BCUT2D eigenvalue weighted by molar-refractivity contribution is -0.126. The molecule has 6 nitrogen and oxygen atoms in total. The Morgan fingerprint density at radius 1 is 1.10 bits per heavy atom. The van der Waals surface area contributed by atoms with Gasteiger partial charge >= 0.3 is 0 Å². The molecule has 3 aliphatic rings. The van der Waals surface area contributed by atoms with E-state index in [0.29, 0.717) is 25.0 Å². The van der Waals surface area contributed by atoms with Crippen molar-refractivity contribution in [3.8, 4) is 0 Å². The Hall–Kier alpha value is -2.63. The molecule has 3 fully saturated rings. The molecular formula is C23H28N4O2. The normalized spacial score (nSPS) is 22.4. The summed E-state index contributed by atoms with van der Waals surface area (Å²) in [4.78, 5) is 26.8. The van der Waals surface area contributed by atoms with Crippen LogP contribution in [-0.2, 0) is 16.1 Å². The molecular weight excluding hydrogens is 364 g/mol. The van der Waals surface area contributed by atoms with Gasteiger partial charge in [0.1, 0.15) is 0 Å². The van der Waals surface area contributed by atoms with Gasteiger partial charge in [0.15, 0.2) is 0 Å². The number of rotatable bonds is 6. The third-order valence-corrected chi connectivity index (χ3v) is 6.49. The summed E-state index contributed by atoms with van der Waals surface area (Å²) < 4.78 is 2.25. The van der Waals surface area contributed by atoms with Gasteiger partial charge in [-0.1, -0.05) is 31.0 Å². The van der Waals surface area contributed by atoms with Gasteiger partial charge in [-0.05, 0) is 43.9 Å². The quantitative estimate of drug-likeness (QED) is 0.818. The van der Waals surface area contributed by atoms with Crippen molar-refractivity contribution in [3.63, 3.8) is 0 Å². The molecule has 1 atom stereocenters. The van der Waals surface area contributed by atoms with Crippen LogP contribution in [0.5, 0.6) is 0 Å². The fraction of sp³-hybridized carbons (Fsp3) is 0.522. The molecule has 2 heterocycles. The number of amides is 2. The van der Waals surface area contributed by atoms with Crippen LogP contribution in [0.4, 0.5) is 5.69 Å². The SMILES string of the molecule is O=C(NCc1cc(C2CC2)n(C2CCCC2)n1)[C@@H]1CC(=O)N(c2ccccc2)C1. The summed E-state index contributed by atoms with van der Waals surface area (Å²) >= 11 is 0. The fourth-order valence-electron chi connectivity index (χ4n) is 4.74. The highest BCUT2D eigenvalue weighted by atomic mass is 16.2. The van der Waals surface area contributed by atoms with E-state index in [1.807, 2.05) is 30.3 Å². The predicted octanol–water partition coefficient (Wildman–Crippen LogP) is 3.54. The summed E-state index contributed by atoms with van der Waals surface area (Å²) in [5.41, 5.74) is 3.15. The molecule has 29 heavy (non-hydrogen) atoms. The van der Waals surface area contributed by atoms with Crippen LogP contribution in [0.25, 0.3) is 0 Å². The summed E-state index contributed by atoms with van der Waals surface area (Å²) in [7, 11) is 0. The van der Waals surface area contributed by atoms with Gasteiger partial charge in [0.25, 0.3) is 0 Å². The van der Waals surface area contributed by atoms with Crippen LogP contribution in [0.3, 0.4) is 0 Å². The molecule has 2 aromatic rings. The Kier molecular flexibility index (Phi) is 4.86. The second-order valence-corrected chi connectivity index (χ2v) is 8.68. The monoisotopic (exact) mass is 392 g/mol. The number of carbonyl (C=O) groups excluding carboxylic acids is 2. The molecule has 1 aromatic carbocycles. The molecule has 5 rings (SSSR count). The van der Waals surface area contributed by atoms with Crippen LogP contribution in [0, 0.1) is 5.92 Å². The number of para-hydroxylation sites is 1. The number of benzene rings is 1. The van der Waals surface area contributed by atoms with E-state index in [0.717, 1.165) is 11.4 Å². The van der Waals surface area contributed by atoms with E-state index in [-0.39, 0.29) is 24.2 Å². The Balaban J connectivity index is 1.22. The van der Waals surface area contributed by atoms with E-state index < -0.39 is 0 Å². The van der Waals surface area contributed by atoms with E-state index in [9.17, 15) is 9.59 Å². The smallest absolute Gasteiger partial charge is 0.227 e. The lowest BCUT2D eigenvalue weighted by atomic mass is 10.1. The predicted molar refractivity (Wildman–Crippen MR) is 110 cm³/mol. The Morgan fingerprint density at radius 3 is 2.59 bits per heavy atom. The van der Waals surface area contributed by atoms with E-state index in [1.165, 1.54) is 44.2 Å². The molecule has 1 aromatic heterocycles. The first kappa shape index (κ1) is 18.4. The van der Waals surface area contributed by atoms with E-state index in [1.54, 1.807) is 4.90 Å². The third kappa shape index (κ3) is 3.80. The minimum absolute atomic E-state index is 0.0119. The van der Waals surface area contributed by atoms with Gasteiger partial charge in [-0.25, -0.2) is 0 Å². The molecule has 0 bridgehead atoms. The van der Waals surface area contributed by atoms with Crippen LogP contribution < -0.4 is 10.2 Å². The first-order valence-electron chi connectivity index (χ1n) is 10.9. The second kappa shape index (κ2) is 7.65. The topological polar surface area (TPSA) is 67.2 Å². The first-order chi connectivity index (χ1) is 14.2. The van der Waals surface area contributed by atoms with Crippen molar-refractivity contribution in [1.82, 2.24) is 15.1 Å². The molecule has 1 aliphatic heterocycles. The van der Waals surface area contributed by atoms with Gasteiger partial charge in [-0.3, -0.25) is 14.3 Å². The number of nitrogens with one attached hydrogen (secondary N) is 1. The van der Waals surface area contributed by atoms with Crippen molar-refractivity contribution in [3.05, 3.63) is 47.8 Å². The maximum Gasteiger partial charge on any atom is 0.227 e. The van der Waals surface area contributed by atoms with Crippen molar-refractivity contribution in [2.45, 2.75) is 63.5 Å². The number of carbonyl (C=O) groups is 2. The van der Waals surface area contributed by atoms with Crippen molar-refractivity contribution in [1.29, 1.82) is 0 Å². The highest BCUT2D eigenvalue weighted by Crippen LogP contribution is 2.43. The van der Waals surface area contributed by atoms with Crippen LogP contribution in [0.2, 0.25) is 0 Å². The summed E-state index contributed by atoms with van der Waals surface area (Å²) in [5.74, 6) is 0.306. The molecule has 1 N–H and O–H groups in total. The molecule has 152 valence electrons. The minimum Gasteiger partial charge on any atom is -0.350 e. The molecule has 2 saturated carbocycles. The molecule has 6 heteroatoms. The average Bonchev–Trinajstić information content (AvgIpc) is 3.14. The summed E-state index contributed by atoms with van der Waals surface area (Å²) in [6, 6.07) is 12.3. The lowest BCUT2D eigenvalue weighted by Gasteiger charge is -2.16. The van der Waals surface area contributed by atoms with Gasteiger partial charge in [0.05, 0.1) is 24.2 Å². The van der Waals surface area contributed by atoms with Crippen LogP contribution in [0.15, 0.2) is 36.4 Å². The fourth-order valence-corrected chi connectivity index (χ4v) is 4.74. The van der Waals surface area contributed by atoms with Crippen molar-refractivity contribution >= 4 is 17.5 Å². The van der Waals surface area contributed by atoms with Crippen molar-refractivity contribution < 1.29 is 9.59 Å². The average molecular weight is 393 g/mol. The first-order valence-corrected chi connectivity index (χ1v) is 10.9. The number of anilines is 1. The second-order valence-electron chi connectivity index (χ2n) is 8.68. The Bertz CT molecular complexity index is 897.